The number of hydrogen-bond donors (Lipinski definition) is 1. The van der Waals surface area contributed by atoms with Crippen LogP contribution in [0.3, 0.4) is 0 Å². The van der Waals surface area contributed by atoms with Gasteiger partial charge in [-0.25, -0.2) is 0 Å². The van der Waals surface area contributed by atoms with Crippen molar-refractivity contribution >= 4 is 0 Å². The summed E-state index contributed by atoms with van der Waals surface area (Å²) in [4.78, 5) is 0. The molecule has 0 spiro atoms. The minimum absolute atomic E-state index is 0.430. The summed E-state index contributed by atoms with van der Waals surface area (Å²) in [5.74, 6) is 0. The topological polar surface area (TPSA) is 12.0 Å². The van der Waals surface area contributed by atoms with Gasteiger partial charge in [0.2, 0.25) is 0 Å². The van der Waals surface area contributed by atoms with Gasteiger partial charge < -0.3 is 5.32 Å². The Morgan fingerprint density at radius 3 is 1.91 bits per heavy atom. The van der Waals surface area contributed by atoms with Crippen molar-refractivity contribution in [1.82, 2.24) is 5.32 Å². The molecule has 0 aliphatic carbocycles. The van der Waals surface area contributed by atoms with Crippen LogP contribution in [0.15, 0.2) is 0 Å². The average molecular weight is 171 g/mol. The minimum atomic E-state index is -4.06. The molecule has 4 heteroatoms. The van der Waals surface area contributed by atoms with Crippen LogP contribution in [0, 0.1) is 0 Å². The monoisotopic (exact) mass is 171 g/mol. The SMILES string of the molecule is CC.CCCNCC(F)(F)F. The van der Waals surface area contributed by atoms with Gasteiger partial charge in [0.05, 0.1) is 6.54 Å². The smallest absolute Gasteiger partial charge is 0.309 e. The first-order valence-corrected chi connectivity index (χ1v) is 3.83. The van der Waals surface area contributed by atoms with Gasteiger partial charge in [0, 0.05) is 0 Å². The summed E-state index contributed by atoms with van der Waals surface area (Å²) in [7, 11) is 0. The van der Waals surface area contributed by atoms with E-state index in [1.54, 1.807) is 0 Å². The van der Waals surface area contributed by atoms with Gasteiger partial charge in [0.15, 0.2) is 0 Å². The molecule has 0 saturated carbocycles. The van der Waals surface area contributed by atoms with Crippen molar-refractivity contribution in [1.29, 1.82) is 0 Å². The van der Waals surface area contributed by atoms with Crippen LogP contribution in [0.5, 0.6) is 0 Å². The highest BCUT2D eigenvalue weighted by atomic mass is 19.4. The van der Waals surface area contributed by atoms with Crippen LogP contribution in [0.25, 0.3) is 0 Å². The zero-order valence-corrected chi connectivity index (χ0v) is 7.26. The van der Waals surface area contributed by atoms with E-state index in [9.17, 15) is 13.2 Å². The van der Waals surface area contributed by atoms with Gasteiger partial charge in [0.1, 0.15) is 0 Å². The lowest BCUT2D eigenvalue weighted by Crippen LogP contribution is -2.29. The van der Waals surface area contributed by atoms with Gasteiger partial charge in [-0.05, 0) is 13.0 Å². The van der Waals surface area contributed by atoms with E-state index in [1.807, 2.05) is 20.8 Å². The van der Waals surface area contributed by atoms with E-state index >= 15 is 0 Å². The number of rotatable bonds is 3. The number of alkyl halides is 3. The van der Waals surface area contributed by atoms with Crippen LogP contribution in [-0.2, 0) is 0 Å². The van der Waals surface area contributed by atoms with Gasteiger partial charge in [-0.2, -0.15) is 13.2 Å². The van der Waals surface area contributed by atoms with Gasteiger partial charge in [-0.15, -0.1) is 0 Å². The lowest BCUT2D eigenvalue weighted by molar-refractivity contribution is -0.124. The van der Waals surface area contributed by atoms with Crippen molar-refractivity contribution in [3.8, 4) is 0 Å². The van der Waals surface area contributed by atoms with Crippen LogP contribution >= 0.6 is 0 Å². The largest absolute Gasteiger partial charge is 0.401 e. The highest BCUT2D eigenvalue weighted by molar-refractivity contribution is 4.53. The predicted octanol–water partition coefficient (Wildman–Crippen LogP) is 2.57. The first-order chi connectivity index (χ1) is 5.06. The summed E-state index contributed by atoms with van der Waals surface area (Å²) in [5, 5.41) is 2.25. The van der Waals surface area contributed by atoms with E-state index in [0.717, 1.165) is 6.42 Å². The number of nitrogens with one attached hydrogen (secondary N) is 1. The predicted molar refractivity (Wildman–Crippen MR) is 40.6 cm³/mol. The van der Waals surface area contributed by atoms with Crippen LogP contribution in [0.2, 0.25) is 0 Å². The fourth-order valence-corrected chi connectivity index (χ4v) is 0.407. The summed E-state index contributed by atoms with van der Waals surface area (Å²) < 4.78 is 33.9. The molecule has 0 aromatic carbocycles. The normalized spacial score (nSPS) is 10.4. The average Bonchev–Trinajstić information content (AvgIpc) is 1.90. The molecule has 0 heterocycles. The molecule has 0 aromatic heterocycles. The highest BCUT2D eigenvalue weighted by Gasteiger charge is 2.25. The van der Waals surface area contributed by atoms with Crippen molar-refractivity contribution < 1.29 is 13.2 Å². The summed E-state index contributed by atoms with van der Waals surface area (Å²) in [5.41, 5.74) is 0. The molecule has 0 fully saturated rings. The fourth-order valence-electron chi connectivity index (χ4n) is 0.407. The molecule has 1 N–H and O–H groups in total. The van der Waals surface area contributed by atoms with Gasteiger partial charge in [-0.3, -0.25) is 0 Å². The first kappa shape index (κ1) is 13.3. The van der Waals surface area contributed by atoms with Gasteiger partial charge in [0.25, 0.3) is 0 Å². The van der Waals surface area contributed by atoms with Crippen LogP contribution in [0.4, 0.5) is 13.2 Å². The van der Waals surface area contributed by atoms with E-state index in [-0.39, 0.29) is 0 Å². The molecule has 0 aromatic rings. The summed E-state index contributed by atoms with van der Waals surface area (Å²) in [6.07, 6.45) is -3.33. The zero-order valence-electron chi connectivity index (χ0n) is 7.26. The van der Waals surface area contributed by atoms with E-state index < -0.39 is 12.7 Å². The van der Waals surface area contributed by atoms with E-state index in [2.05, 4.69) is 5.32 Å². The molecule has 0 rings (SSSR count). The molecule has 0 atom stereocenters. The lowest BCUT2D eigenvalue weighted by Gasteiger charge is -2.05. The summed E-state index contributed by atoms with van der Waals surface area (Å²) >= 11 is 0. The molecule has 11 heavy (non-hydrogen) atoms. The quantitative estimate of drug-likeness (QED) is 0.643. The Hall–Kier alpha value is -0.250. The Labute approximate surface area is 66.0 Å². The second-order valence-electron chi connectivity index (χ2n) is 1.79. The first-order valence-electron chi connectivity index (χ1n) is 3.83. The molecule has 0 radical (unpaired) electrons. The molecular formula is C7H16F3N. The maximum absolute atomic E-state index is 11.3. The van der Waals surface area contributed by atoms with Crippen molar-refractivity contribution in [3.05, 3.63) is 0 Å². The summed E-state index contributed by atoms with van der Waals surface area (Å²) in [6.45, 7) is 5.38. The molecule has 1 nitrogen and oxygen atoms in total. The van der Waals surface area contributed by atoms with Crippen molar-refractivity contribution in [2.75, 3.05) is 13.1 Å². The second kappa shape index (κ2) is 7.85. The molecule has 0 bridgehead atoms. The lowest BCUT2D eigenvalue weighted by atomic mass is 10.5. The molecule has 0 saturated heterocycles. The second-order valence-corrected chi connectivity index (χ2v) is 1.79. The molecule has 0 amide bonds. The van der Waals surface area contributed by atoms with Crippen LogP contribution in [-0.4, -0.2) is 19.3 Å². The van der Waals surface area contributed by atoms with Crippen molar-refractivity contribution in [2.45, 2.75) is 33.4 Å². The molecule has 0 aliphatic heterocycles. The third kappa shape index (κ3) is 17.7. The maximum Gasteiger partial charge on any atom is 0.401 e. The molecule has 0 unspecified atom stereocenters. The molecule has 70 valence electrons. The third-order valence-corrected chi connectivity index (χ3v) is 0.752. The standard InChI is InChI=1S/C5H10F3N.C2H6/c1-2-3-9-4-5(6,7)8;1-2/h9H,2-4H2,1H3;1-2H3. The van der Waals surface area contributed by atoms with Crippen molar-refractivity contribution in [3.63, 3.8) is 0 Å². The van der Waals surface area contributed by atoms with E-state index in [0.29, 0.717) is 6.54 Å². The Bertz CT molecular complexity index is 70.6. The van der Waals surface area contributed by atoms with Gasteiger partial charge in [-0.1, -0.05) is 20.8 Å². The minimum Gasteiger partial charge on any atom is -0.309 e. The fraction of sp³-hybridized carbons (Fsp3) is 1.00. The molecule has 0 aliphatic rings. The third-order valence-electron chi connectivity index (χ3n) is 0.752. The summed E-state index contributed by atoms with van der Waals surface area (Å²) in [6, 6.07) is 0. The van der Waals surface area contributed by atoms with Crippen LogP contribution in [0.1, 0.15) is 27.2 Å². The van der Waals surface area contributed by atoms with Gasteiger partial charge >= 0.3 is 6.18 Å². The Morgan fingerprint density at radius 2 is 1.64 bits per heavy atom. The highest BCUT2D eigenvalue weighted by Crippen LogP contribution is 2.11. The Morgan fingerprint density at radius 1 is 1.18 bits per heavy atom. The number of hydrogen-bond acceptors (Lipinski definition) is 1. The van der Waals surface area contributed by atoms with Crippen molar-refractivity contribution in [2.24, 2.45) is 0 Å². The van der Waals surface area contributed by atoms with Crippen LogP contribution < -0.4 is 5.32 Å². The van der Waals surface area contributed by atoms with E-state index in [1.165, 1.54) is 0 Å². The molecular weight excluding hydrogens is 155 g/mol. The zero-order chi connectivity index (χ0) is 9.33. The Kier molecular flexibility index (Phi) is 9.53. The Balaban J connectivity index is 0. The van der Waals surface area contributed by atoms with E-state index in [4.69, 9.17) is 0 Å². The number of halogens is 3. The maximum atomic E-state index is 11.3.